The van der Waals surface area contributed by atoms with Crippen molar-refractivity contribution in [2.75, 3.05) is 19.8 Å². The fraction of sp³-hybridized carbons (Fsp3) is 0.950. The van der Waals surface area contributed by atoms with Crippen molar-refractivity contribution in [3.8, 4) is 0 Å². The second kappa shape index (κ2) is 12.8. The van der Waals surface area contributed by atoms with Gasteiger partial charge in [-0.1, -0.05) is 0 Å². The Morgan fingerprint density at radius 1 is 0.649 bits per heavy atom. The molecule has 3 aliphatic heterocycles. The molecule has 216 valence electrons. The second-order valence-corrected chi connectivity index (χ2v) is 9.07. The summed E-state index contributed by atoms with van der Waals surface area (Å²) >= 11 is 0. The highest BCUT2D eigenvalue weighted by Gasteiger charge is 2.53. The molecule has 3 rings (SSSR count). The summed E-state index contributed by atoms with van der Waals surface area (Å²) in [5, 5.41) is 103. The van der Waals surface area contributed by atoms with Crippen molar-refractivity contribution in [2.45, 2.75) is 99.0 Å². The molecule has 15 atom stereocenters. The predicted molar refractivity (Wildman–Crippen MR) is 113 cm³/mol. The lowest BCUT2D eigenvalue weighted by Gasteiger charge is -2.48. The zero-order valence-electron chi connectivity index (χ0n) is 19.7. The van der Waals surface area contributed by atoms with E-state index < -0.39 is 118 Å². The van der Waals surface area contributed by atoms with E-state index in [1.54, 1.807) is 0 Å². The van der Waals surface area contributed by atoms with Gasteiger partial charge in [0.2, 0.25) is 5.91 Å². The lowest BCUT2D eigenvalue weighted by Crippen LogP contribution is -2.68. The van der Waals surface area contributed by atoms with E-state index in [9.17, 15) is 55.9 Å². The highest BCUT2D eigenvalue weighted by atomic mass is 16.7. The van der Waals surface area contributed by atoms with Gasteiger partial charge in [0.1, 0.15) is 73.2 Å². The smallest absolute Gasteiger partial charge is 0.217 e. The number of hydrogen-bond acceptors (Lipinski definition) is 16. The summed E-state index contributed by atoms with van der Waals surface area (Å²) in [5.74, 6) is -0.637. The molecule has 37 heavy (non-hydrogen) atoms. The van der Waals surface area contributed by atoms with E-state index in [1.165, 1.54) is 0 Å². The molecule has 3 aliphatic rings. The van der Waals surface area contributed by atoms with Crippen LogP contribution in [-0.4, -0.2) is 169 Å². The molecule has 0 unspecified atom stereocenters. The van der Waals surface area contributed by atoms with Crippen molar-refractivity contribution < 1.29 is 79.5 Å². The van der Waals surface area contributed by atoms with E-state index in [2.05, 4.69) is 5.32 Å². The Labute approximate surface area is 210 Å². The van der Waals surface area contributed by atoms with Crippen LogP contribution in [0.1, 0.15) is 6.92 Å². The zero-order chi connectivity index (χ0) is 27.6. The summed E-state index contributed by atoms with van der Waals surface area (Å²) in [6.07, 6.45) is -23.3. The lowest BCUT2D eigenvalue weighted by molar-refractivity contribution is -0.372. The van der Waals surface area contributed by atoms with E-state index in [4.69, 9.17) is 23.7 Å². The third kappa shape index (κ3) is 6.38. The van der Waals surface area contributed by atoms with Crippen LogP contribution in [0.3, 0.4) is 0 Å². The van der Waals surface area contributed by atoms with E-state index in [1.807, 2.05) is 0 Å². The summed E-state index contributed by atoms with van der Waals surface area (Å²) in [5.41, 5.74) is 0. The molecule has 0 saturated carbocycles. The number of nitrogens with one attached hydrogen (secondary N) is 1. The first-order valence-electron chi connectivity index (χ1n) is 11.6. The molecule has 17 nitrogen and oxygen atoms in total. The monoisotopic (exact) mass is 545 g/mol. The van der Waals surface area contributed by atoms with Crippen LogP contribution >= 0.6 is 0 Å². The highest BCUT2D eigenvalue weighted by Crippen LogP contribution is 2.32. The topological polar surface area (TPSA) is 278 Å². The van der Waals surface area contributed by atoms with Crippen LogP contribution in [0.4, 0.5) is 0 Å². The van der Waals surface area contributed by atoms with Gasteiger partial charge in [-0.05, 0) is 0 Å². The molecule has 11 N–H and O–H groups in total. The van der Waals surface area contributed by atoms with E-state index in [0.717, 1.165) is 6.92 Å². The predicted octanol–water partition coefficient (Wildman–Crippen LogP) is -7.43. The first-order valence-corrected chi connectivity index (χ1v) is 11.6. The number of rotatable bonds is 8. The molecular formula is C20H35NO16. The minimum Gasteiger partial charge on any atom is -0.394 e. The van der Waals surface area contributed by atoms with Gasteiger partial charge in [0.25, 0.3) is 0 Å². The Kier molecular flexibility index (Phi) is 10.5. The molecular weight excluding hydrogens is 510 g/mol. The Hall–Kier alpha value is -1.13. The maximum Gasteiger partial charge on any atom is 0.217 e. The van der Waals surface area contributed by atoms with Crippen molar-refractivity contribution >= 4 is 5.91 Å². The summed E-state index contributed by atoms with van der Waals surface area (Å²) < 4.78 is 26.9. The molecule has 0 aromatic carbocycles. The summed E-state index contributed by atoms with van der Waals surface area (Å²) in [6.45, 7) is -1.21. The molecule has 0 spiro atoms. The standard InChI is InChI=1S/C20H35NO16/c1-5(25)21-9-17(11(27)7(3-23)33-18(9)32)37-20-15(31)13(29)16(8(4-24)35-20)36-19-14(30)12(28)10(26)6(2-22)34-19/h6-20,22-24,26-32H,2-4H2,1H3,(H,21,25)/t6-,7-,8-,9-,10+,11-,12+,13-,14-,15-,16+,17-,18-,19-,20+/m1/s1. The van der Waals surface area contributed by atoms with Gasteiger partial charge < -0.3 is 80.1 Å². The Morgan fingerprint density at radius 3 is 1.68 bits per heavy atom. The molecule has 3 heterocycles. The minimum absolute atomic E-state index is 0.637. The molecule has 0 aliphatic carbocycles. The van der Waals surface area contributed by atoms with E-state index >= 15 is 0 Å². The quantitative estimate of drug-likeness (QED) is 0.135. The van der Waals surface area contributed by atoms with Crippen LogP contribution in [0.15, 0.2) is 0 Å². The van der Waals surface area contributed by atoms with Gasteiger partial charge in [-0.3, -0.25) is 4.79 Å². The third-order valence-electron chi connectivity index (χ3n) is 6.49. The molecule has 0 aromatic rings. The van der Waals surface area contributed by atoms with Crippen molar-refractivity contribution in [3.63, 3.8) is 0 Å². The SMILES string of the molecule is CC(=O)N[C@@H]1[C@@H](O[C@@H]2O[C@H](CO)[C@H](O[C@H]3O[C@H](CO)[C@H](O)[C@H](O)[C@H]3O)[C@H](O)[C@H]2O)[C@H](O)[C@@H](CO)O[C@H]1O. The number of carbonyl (C=O) groups is 1. The van der Waals surface area contributed by atoms with Gasteiger partial charge in [-0.15, -0.1) is 0 Å². The van der Waals surface area contributed by atoms with Gasteiger partial charge in [-0.2, -0.15) is 0 Å². The van der Waals surface area contributed by atoms with Crippen molar-refractivity contribution in [1.82, 2.24) is 5.32 Å². The van der Waals surface area contributed by atoms with Crippen LogP contribution in [0.5, 0.6) is 0 Å². The van der Waals surface area contributed by atoms with Gasteiger partial charge >= 0.3 is 0 Å². The first kappa shape index (κ1) is 30.4. The maximum absolute atomic E-state index is 11.6. The zero-order valence-corrected chi connectivity index (χ0v) is 19.7. The Morgan fingerprint density at radius 2 is 1.14 bits per heavy atom. The van der Waals surface area contributed by atoms with Gasteiger partial charge in [0.15, 0.2) is 18.9 Å². The molecule has 0 radical (unpaired) electrons. The van der Waals surface area contributed by atoms with Crippen LogP contribution in [0.25, 0.3) is 0 Å². The van der Waals surface area contributed by atoms with Crippen LogP contribution in [0.2, 0.25) is 0 Å². The van der Waals surface area contributed by atoms with Crippen molar-refractivity contribution in [1.29, 1.82) is 0 Å². The number of aliphatic hydroxyl groups excluding tert-OH is 10. The van der Waals surface area contributed by atoms with Crippen molar-refractivity contribution in [2.24, 2.45) is 0 Å². The Bertz CT molecular complexity index is 743. The second-order valence-electron chi connectivity index (χ2n) is 9.07. The van der Waals surface area contributed by atoms with Crippen LogP contribution in [0, 0.1) is 0 Å². The third-order valence-corrected chi connectivity index (χ3v) is 6.49. The molecule has 1 amide bonds. The molecule has 3 saturated heterocycles. The van der Waals surface area contributed by atoms with Gasteiger partial charge in [-0.25, -0.2) is 0 Å². The summed E-state index contributed by atoms with van der Waals surface area (Å²) in [7, 11) is 0. The number of amides is 1. The normalized spacial score (nSPS) is 49.0. The van der Waals surface area contributed by atoms with E-state index in [0.29, 0.717) is 0 Å². The lowest BCUT2D eigenvalue weighted by atomic mass is 9.95. The maximum atomic E-state index is 11.6. The van der Waals surface area contributed by atoms with Crippen LogP contribution in [-0.2, 0) is 28.5 Å². The highest BCUT2D eigenvalue weighted by molar-refractivity contribution is 5.73. The van der Waals surface area contributed by atoms with Crippen LogP contribution < -0.4 is 5.32 Å². The largest absolute Gasteiger partial charge is 0.394 e. The van der Waals surface area contributed by atoms with Gasteiger partial charge in [0.05, 0.1) is 19.8 Å². The number of ether oxygens (including phenoxy) is 5. The Balaban J connectivity index is 1.76. The first-order chi connectivity index (χ1) is 17.4. The number of carbonyl (C=O) groups excluding carboxylic acids is 1. The molecule has 3 fully saturated rings. The van der Waals surface area contributed by atoms with Gasteiger partial charge in [0, 0.05) is 6.92 Å². The summed E-state index contributed by atoms with van der Waals surface area (Å²) in [4.78, 5) is 11.6. The fourth-order valence-corrected chi connectivity index (χ4v) is 4.46. The average molecular weight is 545 g/mol. The number of aliphatic hydroxyl groups is 10. The number of hydrogen-bond donors (Lipinski definition) is 11. The van der Waals surface area contributed by atoms with E-state index in [-0.39, 0.29) is 0 Å². The average Bonchev–Trinajstić information content (AvgIpc) is 2.87. The molecule has 17 heteroatoms. The summed E-state index contributed by atoms with van der Waals surface area (Å²) in [6, 6.07) is -1.39. The molecule has 0 aromatic heterocycles. The molecule has 0 bridgehead atoms. The minimum atomic E-state index is -1.93. The fourth-order valence-electron chi connectivity index (χ4n) is 4.46. The van der Waals surface area contributed by atoms with Crippen molar-refractivity contribution in [3.05, 3.63) is 0 Å².